The summed E-state index contributed by atoms with van der Waals surface area (Å²) >= 11 is 0. The van der Waals surface area contributed by atoms with Crippen LogP contribution in [0.2, 0.25) is 0 Å². The number of nitrogens with zero attached hydrogens (tertiary/aromatic N) is 3. The fraction of sp³-hybridized carbons (Fsp3) is 0.321. The van der Waals surface area contributed by atoms with Gasteiger partial charge in [-0.2, -0.15) is 0 Å². The van der Waals surface area contributed by atoms with Gasteiger partial charge in [-0.25, -0.2) is 0 Å². The Labute approximate surface area is 329 Å². The number of fused-ring (bicyclic) bond motifs is 15. The van der Waals surface area contributed by atoms with E-state index in [1.54, 1.807) is 0 Å². The summed E-state index contributed by atoms with van der Waals surface area (Å²) in [5.74, 6) is 0. The molecule has 6 aromatic carbocycles. The van der Waals surface area contributed by atoms with Gasteiger partial charge in [-0.3, -0.25) is 0 Å². The summed E-state index contributed by atoms with van der Waals surface area (Å²) in [7, 11) is 2.26. The zero-order chi connectivity index (χ0) is 39.3. The third-order valence-corrected chi connectivity index (χ3v) is 13.5. The minimum absolute atomic E-state index is 0.0234. The molecule has 0 fully saturated rings. The highest BCUT2D eigenvalue weighted by Crippen LogP contribution is 2.47. The van der Waals surface area contributed by atoms with Gasteiger partial charge >= 0.3 is 0 Å². The molecule has 0 bridgehead atoms. The number of hydrogen-bond donors (Lipinski definition) is 0. The summed E-state index contributed by atoms with van der Waals surface area (Å²) in [6.07, 6.45) is 0. The first-order valence-electron chi connectivity index (χ1n) is 20.6. The zero-order valence-corrected chi connectivity index (χ0v) is 35.4. The van der Waals surface area contributed by atoms with Crippen LogP contribution in [0.25, 0.3) is 98.0 Å². The molecule has 11 aromatic rings. The molecule has 5 heterocycles. The topological polar surface area (TPSA) is 13.8 Å². The summed E-state index contributed by atoms with van der Waals surface area (Å²) in [5.41, 5.74) is 16.1. The normalized spacial score (nSPS) is 14.2. The Hall–Kier alpha value is -5.28. The van der Waals surface area contributed by atoms with Gasteiger partial charge in [-0.05, 0) is 117 Å². The van der Waals surface area contributed by atoms with Crippen LogP contribution in [0.4, 0.5) is 0 Å². The molecule has 0 saturated heterocycles. The van der Waals surface area contributed by atoms with Gasteiger partial charge in [0.15, 0.2) is 0 Å². The van der Waals surface area contributed by atoms with Crippen LogP contribution in [0, 0.1) is 0 Å². The van der Waals surface area contributed by atoms with E-state index in [-0.39, 0.29) is 21.7 Å². The predicted octanol–water partition coefficient (Wildman–Crippen LogP) is 14.8. The van der Waals surface area contributed by atoms with Crippen LogP contribution in [0.5, 0.6) is 0 Å². The third-order valence-electron chi connectivity index (χ3n) is 13.5. The lowest BCUT2D eigenvalue weighted by molar-refractivity contribution is 0.590. The van der Waals surface area contributed by atoms with Gasteiger partial charge in [0.1, 0.15) is 0 Å². The van der Waals surface area contributed by atoms with E-state index in [9.17, 15) is 0 Å². The number of aromatic nitrogens is 3. The summed E-state index contributed by atoms with van der Waals surface area (Å²) in [6, 6.07) is 34.3. The molecule has 0 aliphatic carbocycles. The van der Waals surface area contributed by atoms with E-state index in [0.29, 0.717) is 0 Å². The van der Waals surface area contributed by atoms with Crippen molar-refractivity contribution in [3.8, 4) is 0 Å². The first-order chi connectivity index (χ1) is 26.2. The smallest absolute Gasteiger partial charge is 0.0620 e. The highest BCUT2D eigenvalue weighted by atomic mass is 15.0. The zero-order valence-electron chi connectivity index (χ0n) is 35.4. The Morgan fingerprint density at radius 2 is 0.571 bits per heavy atom. The van der Waals surface area contributed by atoms with Gasteiger partial charge in [0.2, 0.25) is 0 Å². The fourth-order valence-electron chi connectivity index (χ4n) is 10.1. The van der Waals surface area contributed by atoms with Gasteiger partial charge < -0.3 is 13.4 Å². The van der Waals surface area contributed by atoms with Crippen LogP contribution in [-0.2, 0) is 28.7 Å². The summed E-state index contributed by atoms with van der Waals surface area (Å²) < 4.78 is 7.56. The molecule has 5 aromatic heterocycles. The molecule has 0 radical (unpaired) electrons. The first-order valence-corrected chi connectivity index (χ1v) is 20.6. The van der Waals surface area contributed by atoms with Crippen molar-refractivity contribution >= 4 is 98.0 Å². The number of rotatable bonds is 0. The second-order valence-electron chi connectivity index (χ2n) is 21.3. The maximum absolute atomic E-state index is 2.56. The summed E-state index contributed by atoms with van der Waals surface area (Å²) in [5, 5.41) is 13.5. The van der Waals surface area contributed by atoms with Gasteiger partial charge in [0, 0.05) is 60.9 Å². The molecular weight excluding hydrogens is 679 g/mol. The molecule has 0 N–H and O–H groups in total. The van der Waals surface area contributed by atoms with Gasteiger partial charge in [-0.15, -0.1) is 0 Å². The highest BCUT2D eigenvalue weighted by molar-refractivity contribution is 6.29. The molecule has 3 nitrogen and oxygen atoms in total. The summed E-state index contributed by atoms with van der Waals surface area (Å²) in [6.45, 7) is 28.0. The Bertz CT molecular complexity index is 3260. The van der Waals surface area contributed by atoms with Crippen molar-refractivity contribution in [1.29, 1.82) is 0 Å². The average Bonchev–Trinajstić information content (AvgIpc) is 3.88. The van der Waals surface area contributed by atoms with Gasteiger partial charge in [0.05, 0.1) is 44.1 Å². The lowest BCUT2D eigenvalue weighted by atomic mass is 9.84. The average molecular weight is 732 g/mol. The first kappa shape index (κ1) is 34.0. The summed E-state index contributed by atoms with van der Waals surface area (Å²) in [4.78, 5) is 0. The maximum atomic E-state index is 2.56. The lowest BCUT2D eigenvalue weighted by Crippen LogP contribution is -2.11. The largest absolute Gasteiger partial charge is 0.343 e. The van der Waals surface area contributed by atoms with Crippen molar-refractivity contribution in [2.24, 2.45) is 7.05 Å². The Morgan fingerprint density at radius 1 is 0.286 bits per heavy atom. The van der Waals surface area contributed by atoms with Crippen LogP contribution >= 0.6 is 0 Å². The molecule has 0 spiro atoms. The number of benzene rings is 6. The van der Waals surface area contributed by atoms with Crippen molar-refractivity contribution in [1.82, 2.24) is 13.4 Å². The molecule has 0 saturated carbocycles. The van der Waals surface area contributed by atoms with E-state index < -0.39 is 0 Å². The van der Waals surface area contributed by atoms with E-state index >= 15 is 0 Å². The van der Waals surface area contributed by atoms with E-state index in [1.807, 2.05) is 0 Å². The van der Waals surface area contributed by atoms with Gasteiger partial charge in [0.25, 0.3) is 0 Å². The van der Waals surface area contributed by atoms with Crippen molar-refractivity contribution in [3.05, 3.63) is 107 Å². The molecule has 0 amide bonds. The van der Waals surface area contributed by atoms with Crippen LogP contribution in [0.15, 0.2) is 84.9 Å². The monoisotopic (exact) mass is 731 g/mol. The molecule has 0 unspecified atom stereocenters. The molecular formula is C53H53N3. The van der Waals surface area contributed by atoms with E-state index in [0.717, 1.165) is 0 Å². The molecule has 56 heavy (non-hydrogen) atoms. The fourth-order valence-corrected chi connectivity index (χ4v) is 10.1. The number of hydrogen-bond acceptors (Lipinski definition) is 0. The van der Waals surface area contributed by atoms with Gasteiger partial charge in [-0.1, -0.05) is 95.2 Å². The Kier molecular flexibility index (Phi) is 6.18. The minimum atomic E-state index is 0.0234. The molecule has 0 atom stereocenters. The minimum Gasteiger partial charge on any atom is -0.343 e. The quantitative estimate of drug-likeness (QED) is 0.147. The SMILES string of the molecule is Cn1c2cc3c(cc2c2cc4c5cc(C(C)(C)C)cc6c7cc(C(C)(C)C)ccc7n(c4cc21)c65)c1cc(C(C)(C)C)cc2c4cc(C(C)(C)C)ccc4n3c21. The van der Waals surface area contributed by atoms with Crippen LogP contribution in [0.3, 0.4) is 0 Å². The Morgan fingerprint density at radius 3 is 0.893 bits per heavy atom. The van der Waals surface area contributed by atoms with Crippen molar-refractivity contribution in [2.45, 2.75) is 105 Å². The van der Waals surface area contributed by atoms with Crippen LogP contribution < -0.4 is 0 Å². The molecule has 0 aliphatic rings. The lowest BCUT2D eigenvalue weighted by Gasteiger charge is -2.20. The molecule has 11 rings (SSSR count). The predicted molar refractivity (Wildman–Crippen MR) is 245 cm³/mol. The van der Waals surface area contributed by atoms with Crippen LogP contribution in [0.1, 0.15) is 105 Å². The van der Waals surface area contributed by atoms with E-state index in [4.69, 9.17) is 0 Å². The van der Waals surface area contributed by atoms with E-state index in [1.165, 1.54) is 120 Å². The molecule has 280 valence electrons. The number of aryl methyl sites for hydroxylation is 1. The maximum Gasteiger partial charge on any atom is 0.0620 e. The molecule has 3 heteroatoms. The van der Waals surface area contributed by atoms with E-state index in [2.05, 4.69) is 188 Å². The molecule has 0 aliphatic heterocycles. The van der Waals surface area contributed by atoms with Crippen molar-refractivity contribution < 1.29 is 0 Å². The second kappa shape index (κ2) is 10.2. The van der Waals surface area contributed by atoms with Crippen molar-refractivity contribution in [2.75, 3.05) is 0 Å². The Balaban J connectivity index is 1.28. The van der Waals surface area contributed by atoms with Crippen molar-refractivity contribution in [3.63, 3.8) is 0 Å². The second-order valence-corrected chi connectivity index (χ2v) is 21.3. The standard InChI is InChI=1S/C53H53N3/c1-50(2,3)28-14-16-42-32(18-28)38-20-30(52(7,8)9)22-40-36-24-34-35-25-37-41-23-31(53(10,11)12)21-39-33-19-29(51(4,5)6)15-17-43(33)56(49(39)41)47(37)27-45(35)54(13)44(34)26-46(36)55(42)48(38)40/h14-27H,1-13H3. The van der Waals surface area contributed by atoms with Crippen LogP contribution in [-0.4, -0.2) is 13.4 Å². The highest BCUT2D eigenvalue weighted by Gasteiger charge is 2.27. The third kappa shape index (κ3) is 4.30.